The number of nitrogens with zero attached hydrogens (tertiary/aromatic N) is 4. The van der Waals surface area contributed by atoms with Gasteiger partial charge in [-0.1, -0.05) is 6.07 Å². The van der Waals surface area contributed by atoms with E-state index in [1.54, 1.807) is 62.0 Å². The number of hydrogen-bond donors (Lipinski definition) is 0. The van der Waals surface area contributed by atoms with E-state index < -0.39 is 16.9 Å². The Balaban J connectivity index is 2.01. The quantitative estimate of drug-likeness (QED) is 0.532. The van der Waals surface area contributed by atoms with E-state index in [0.717, 1.165) is 0 Å². The zero-order chi connectivity index (χ0) is 22.4. The van der Waals surface area contributed by atoms with Gasteiger partial charge in [0, 0.05) is 50.4 Å². The highest BCUT2D eigenvalue weighted by Gasteiger charge is 2.26. The highest BCUT2D eigenvalue weighted by atomic mass is 32.2. The molecule has 3 aromatic rings. The van der Waals surface area contributed by atoms with Crippen LogP contribution in [0.15, 0.2) is 61.1 Å². The number of carbonyl (C=O) groups excluding carboxylic acids is 1. The predicted molar refractivity (Wildman–Crippen MR) is 121 cm³/mol. The molecular weight excluding hydrogens is 416 g/mol. The van der Waals surface area contributed by atoms with E-state index in [1.807, 2.05) is 19.0 Å². The maximum absolute atomic E-state index is 13.5. The average molecular weight is 441 g/mol. The lowest BCUT2D eigenvalue weighted by Crippen LogP contribution is -2.34. The van der Waals surface area contributed by atoms with Crippen molar-refractivity contribution in [2.24, 2.45) is 0 Å². The summed E-state index contributed by atoms with van der Waals surface area (Å²) < 4.78 is 25.4. The Hall–Kier alpha value is -3.46. The molecule has 31 heavy (non-hydrogen) atoms. The standard InChI is InChI=1S/C22H24N4O4S/c1-25(2)21-12-18(9-11-24-21)26(22(27)16-6-5-10-23-14-16)31(28)15-17-7-8-19(29-3)13-20(17)30-4/h5-14H,15H2,1-4H3. The summed E-state index contributed by atoms with van der Waals surface area (Å²) in [5, 5.41) is 0. The normalized spacial score (nSPS) is 11.5. The van der Waals surface area contributed by atoms with Crippen LogP contribution in [-0.2, 0) is 16.7 Å². The van der Waals surface area contributed by atoms with Crippen molar-refractivity contribution in [2.45, 2.75) is 5.75 Å². The number of benzene rings is 1. The van der Waals surface area contributed by atoms with Gasteiger partial charge in [0.05, 0.1) is 31.2 Å². The number of aromatic nitrogens is 2. The molecule has 2 aromatic heterocycles. The molecule has 9 heteroatoms. The van der Waals surface area contributed by atoms with Gasteiger partial charge in [0.15, 0.2) is 0 Å². The van der Waals surface area contributed by atoms with E-state index in [9.17, 15) is 9.00 Å². The number of methoxy groups -OCH3 is 2. The van der Waals surface area contributed by atoms with Crippen LogP contribution in [0.4, 0.5) is 11.5 Å². The van der Waals surface area contributed by atoms with E-state index in [2.05, 4.69) is 9.97 Å². The van der Waals surface area contributed by atoms with Gasteiger partial charge in [-0.25, -0.2) is 13.5 Å². The first-order valence-electron chi connectivity index (χ1n) is 9.42. The fourth-order valence-electron chi connectivity index (χ4n) is 2.88. The third kappa shape index (κ3) is 5.18. The summed E-state index contributed by atoms with van der Waals surface area (Å²) in [5.41, 5.74) is 1.49. The van der Waals surface area contributed by atoms with Crippen molar-refractivity contribution in [3.8, 4) is 11.5 Å². The molecule has 2 heterocycles. The maximum Gasteiger partial charge on any atom is 0.271 e. The summed E-state index contributed by atoms with van der Waals surface area (Å²) in [6.45, 7) is 0. The summed E-state index contributed by atoms with van der Waals surface area (Å²) in [6, 6.07) is 11.9. The van der Waals surface area contributed by atoms with Crippen LogP contribution < -0.4 is 18.7 Å². The van der Waals surface area contributed by atoms with Crippen LogP contribution in [0.1, 0.15) is 15.9 Å². The molecule has 0 aliphatic heterocycles. The molecule has 1 amide bonds. The number of pyridine rings is 2. The van der Waals surface area contributed by atoms with Gasteiger partial charge in [-0.05, 0) is 24.3 Å². The Bertz CT molecular complexity index is 1080. The number of carbonyl (C=O) groups is 1. The van der Waals surface area contributed by atoms with Crippen molar-refractivity contribution in [1.82, 2.24) is 9.97 Å². The molecule has 162 valence electrons. The molecule has 0 saturated heterocycles. The molecule has 0 bridgehead atoms. The Morgan fingerprint density at radius 1 is 1.06 bits per heavy atom. The first kappa shape index (κ1) is 22.2. The minimum atomic E-state index is -1.74. The van der Waals surface area contributed by atoms with E-state index in [4.69, 9.17) is 9.47 Å². The van der Waals surface area contributed by atoms with Gasteiger partial charge in [-0.2, -0.15) is 0 Å². The van der Waals surface area contributed by atoms with Crippen LogP contribution in [0.5, 0.6) is 11.5 Å². The molecule has 1 aromatic carbocycles. The van der Waals surface area contributed by atoms with Crippen LogP contribution in [0.25, 0.3) is 0 Å². The van der Waals surface area contributed by atoms with E-state index in [-0.39, 0.29) is 5.75 Å². The van der Waals surface area contributed by atoms with Gasteiger partial charge in [0.1, 0.15) is 28.3 Å². The lowest BCUT2D eigenvalue weighted by Gasteiger charge is -2.23. The molecule has 0 spiro atoms. The summed E-state index contributed by atoms with van der Waals surface area (Å²) in [4.78, 5) is 23.4. The molecule has 3 rings (SSSR count). The van der Waals surface area contributed by atoms with E-state index in [1.165, 1.54) is 17.6 Å². The molecule has 0 aliphatic rings. The maximum atomic E-state index is 13.5. The van der Waals surface area contributed by atoms with Crippen molar-refractivity contribution in [3.05, 3.63) is 72.2 Å². The van der Waals surface area contributed by atoms with Gasteiger partial charge in [-0.3, -0.25) is 9.78 Å². The van der Waals surface area contributed by atoms with Crippen molar-refractivity contribution < 1.29 is 18.5 Å². The number of rotatable bonds is 8. The number of ether oxygens (including phenoxy) is 2. The SMILES string of the molecule is COc1ccc(CS(=O)N(C(=O)c2cccnc2)c2ccnc(N(C)C)c2)c(OC)c1. The molecule has 0 aliphatic carbocycles. The first-order valence-corrected chi connectivity index (χ1v) is 10.7. The minimum Gasteiger partial charge on any atom is -0.497 e. The smallest absolute Gasteiger partial charge is 0.271 e. The summed E-state index contributed by atoms with van der Waals surface area (Å²) in [5.74, 6) is 1.44. The zero-order valence-electron chi connectivity index (χ0n) is 17.8. The fourth-order valence-corrected chi connectivity index (χ4v) is 4.15. The van der Waals surface area contributed by atoms with Crippen molar-refractivity contribution >= 4 is 28.4 Å². The predicted octanol–water partition coefficient (Wildman–Crippen LogP) is 3.07. The third-order valence-corrected chi connectivity index (χ3v) is 5.83. The topological polar surface area (TPSA) is 84.9 Å². The van der Waals surface area contributed by atoms with E-state index in [0.29, 0.717) is 34.1 Å². The average Bonchev–Trinajstić information content (AvgIpc) is 2.80. The third-order valence-electron chi connectivity index (χ3n) is 4.49. The number of anilines is 2. The number of amides is 1. The molecule has 1 unspecified atom stereocenters. The lowest BCUT2D eigenvalue weighted by molar-refractivity contribution is 0.101. The zero-order valence-corrected chi connectivity index (χ0v) is 18.6. The van der Waals surface area contributed by atoms with Crippen molar-refractivity contribution in [3.63, 3.8) is 0 Å². The second-order valence-electron chi connectivity index (χ2n) is 6.75. The minimum absolute atomic E-state index is 0.0682. The monoisotopic (exact) mass is 440 g/mol. The molecule has 1 atom stereocenters. The van der Waals surface area contributed by atoms with E-state index >= 15 is 0 Å². The van der Waals surface area contributed by atoms with Crippen molar-refractivity contribution in [2.75, 3.05) is 37.5 Å². The highest BCUT2D eigenvalue weighted by molar-refractivity contribution is 7.86. The second-order valence-corrected chi connectivity index (χ2v) is 8.05. The fraction of sp³-hybridized carbons (Fsp3) is 0.227. The summed E-state index contributed by atoms with van der Waals surface area (Å²) in [7, 11) is 5.04. The molecule has 0 radical (unpaired) electrons. The molecule has 0 saturated carbocycles. The van der Waals surface area contributed by atoms with Gasteiger partial charge in [0.2, 0.25) is 0 Å². The lowest BCUT2D eigenvalue weighted by atomic mass is 10.2. The summed E-state index contributed by atoms with van der Waals surface area (Å²) in [6.07, 6.45) is 4.62. The molecule has 0 N–H and O–H groups in total. The van der Waals surface area contributed by atoms with Crippen LogP contribution >= 0.6 is 0 Å². The Morgan fingerprint density at radius 3 is 2.52 bits per heavy atom. The van der Waals surface area contributed by atoms with Gasteiger partial charge in [-0.15, -0.1) is 0 Å². The Labute approximate surface area is 184 Å². The molecule has 0 fully saturated rings. The van der Waals surface area contributed by atoms with Crippen LogP contribution in [0.2, 0.25) is 0 Å². The number of hydrogen-bond acceptors (Lipinski definition) is 7. The van der Waals surface area contributed by atoms with Gasteiger partial charge in [0.25, 0.3) is 5.91 Å². The second kappa shape index (κ2) is 10.0. The van der Waals surface area contributed by atoms with Crippen molar-refractivity contribution in [1.29, 1.82) is 0 Å². The molecule has 8 nitrogen and oxygen atoms in total. The Morgan fingerprint density at radius 2 is 1.87 bits per heavy atom. The largest absolute Gasteiger partial charge is 0.497 e. The van der Waals surface area contributed by atoms with Gasteiger partial charge >= 0.3 is 0 Å². The van der Waals surface area contributed by atoms with Gasteiger partial charge < -0.3 is 14.4 Å². The summed E-state index contributed by atoms with van der Waals surface area (Å²) >= 11 is 0. The van der Waals surface area contributed by atoms with Crippen LogP contribution in [0, 0.1) is 0 Å². The Kier molecular flexibility index (Phi) is 7.19. The van der Waals surface area contributed by atoms with Crippen LogP contribution in [-0.4, -0.2) is 48.4 Å². The highest BCUT2D eigenvalue weighted by Crippen LogP contribution is 2.29. The van der Waals surface area contributed by atoms with Crippen LogP contribution in [0.3, 0.4) is 0 Å². The molecular formula is C22H24N4O4S. The first-order chi connectivity index (χ1) is 14.9.